The number of aliphatic carboxylic acids is 1. The van der Waals surface area contributed by atoms with Crippen LogP contribution in [0.3, 0.4) is 0 Å². The summed E-state index contributed by atoms with van der Waals surface area (Å²) in [6.45, 7) is 0. The molecule has 11 heteroatoms. The van der Waals surface area contributed by atoms with Crippen molar-refractivity contribution in [2.75, 3.05) is 35.1 Å². The number of rotatable bonds is 11. The maximum atomic E-state index is 12.5. The third-order valence-corrected chi connectivity index (χ3v) is 7.85. The number of aromatic nitrogens is 2. The maximum Gasteiger partial charge on any atom is 0.326 e. The van der Waals surface area contributed by atoms with E-state index in [4.69, 9.17) is 27.1 Å². The van der Waals surface area contributed by atoms with Crippen LogP contribution in [0.1, 0.15) is 19.3 Å². The third-order valence-electron chi connectivity index (χ3n) is 6.92. The molecule has 5 N–H and O–H groups in total. The van der Waals surface area contributed by atoms with E-state index in [9.17, 15) is 15.0 Å². The molecule has 2 heterocycles. The van der Waals surface area contributed by atoms with Crippen LogP contribution in [-0.2, 0) is 4.79 Å². The second-order valence-electron chi connectivity index (χ2n) is 9.63. The number of carboxylic acids is 1. The summed E-state index contributed by atoms with van der Waals surface area (Å²) in [5, 5.41) is 24.9. The standard InChI is InChI=1S/C29H30ClN5O4S/c1-39-25-13-17(12-21(30)28(25)36)16-3-7-22-20(11-16)27(34-18-4-8-26(31)33-14-18)24(15-32-22)35(19-5-6-19)23(29(37)38)9-10-40-2/h3-4,7-8,11-15,19,23,36H,5-6,9-10H2,1-2H3,(H2,31,33)(H,32,34)(H,37,38)/t23-/m0/s1. The van der Waals surface area contributed by atoms with E-state index in [1.165, 1.54) is 7.11 Å². The Morgan fingerprint density at radius 1 is 1.20 bits per heavy atom. The SMILES string of the molecule is COc1cc(-c2ccc3ncc(N(C4CC4)[C@@H](CCSC)C(=O)O)c(Nc4ccc(N)nc4)c3c2)cc(Cl)c1O. The summed E-state index contributed by atoms with van der Waals surface area (Å²) < 4.78 is 5.31. The zero-order valence-corrected chi connectivity index (χ0v) is 23.7. The maximum absolute atomic E-state index is 12.5. The molecular weight excluding hydrogens is 550 g/mol. The molecule has 2 aromatic carbocycles. The van der Waals surface area contributed by atoms with Crippen molar-refractivity contribution in [2.24, 2.45) is 0 Å². The zero-order chi connectivity index (χ0) is 28.4. The number of nitrogen functional groups attached to an aromatic ring is 1. The minimum absolute atomic E-state index is 0.107. The second-order valence-corrected chi connectivity index (χ2v) is 11.0. The van der Waals surface area contributed by atoms with Gasteiger partial charge in [0.05, 0.1) is 47.1 Å². The lowest BCUT2D eigenvalue weighted by Gasteiger charge is -2.33. The molecule has 1 aliphatic rings. The number of aromatic hydroxyl groups is 1. The molecule has 40 heavy (non-hydrogen) atoms. The van der Waals surface area contributed by atoms with Gasteiger partial charge in [0.1, 0.15) is 11.9 Å². The summed E-state index contributed by atoms with van der Waals surface area (Å²) in [5.41, 5.74) is 10.2. The van der Waals surface area contributed by atoms with E-state index < -0.39 is 12.0 Å². The monoisotopic (exact) mass is 579 g/mol. The molecule has 0 bridgehead atoms. The number of phenolic OH excluding ortho intramolecular Hbond substituents is 1. The number of nitrogens with zero attached hydrogens (tertiary/aromatic N) is 3. The van der Waals surface area contributed by atoms with Crippen LogP contribution in [0.2, 0.25) is 5.02 Å². The van der Waals surface area contributed by atoms with E-state index in [0.29, 0.717) is 23.6 Å². The van der Waals surface area contributed by atoms with Crippen molar-refractivity contribution in [1.82, 2.24) is 9.97 Å². The second kappa shape index (κ2) is 11.7. The normalized spacial score (nSPS) is 13.7. The number of nitrogens with one attached hydrogen (secondary N) is 1. The number of carbonyl (C=O) groups is 1. The Labute approximate surface area is 241 Å². The number of halogens is 1. The molecule has 5 rings (SSSR count). The molecule has 0 radical (unpaired) electrons. The number of carboxylic acid groups (broad SMARTS) is 1. The Kier molecular flexibility index (Phi) is 8.09. The molecule has 9 nitrogen and oxygen atoms in total. The average Bonchev–Trinajstić information content (AvgIpc) is 3.79. The highest BCUT2D eigenvalue weighted by molar-refractivity contribution is 7.98. The van der Waals surface area contributed by atoms with Crippen molar-refractivity contribution in [3.63, 3.8) is 0 Å². The number of hydrogen-bond donors (Lipinski definition) is 4. The largest absolute Gasteiger partial charge is 0.503 e. The fourth-order valence-electron chi connectivity index (χ4n) is 4.79. The fourth-order valence-corrected chi connectivity index (χ4v) is 5.46. The van der Waals surface area contributed by atoms with Gasteiger partial charge >= 0.3 is 5.97 Å². The number of hydrogen-bond acceptors (Lipinski definition) is 9. The first-order chi connectivity index (χ1) is 19.3. The highest BCUT2D eigenvalue weighted by Crippen LogP contribution is 2.44. The van der Waals surface area contributed by atoms with Gasteiger partial charge in [-0.2, -0.15) is 11.8 Å². The summed E-state index contributed by atoms with van der Waals surface area (Å²) >= 11 is 7.92. The summed E-state index contributed by atoms with van der Waals surface area (Å²) in [4.78, 5) is 23.5. The number of ether oxygens (including phenoxy) is 1. The first kappa shape index (κ1) is 27.7. The molecule has 1 fully saturated rings. The van der Waals surface area contributed by atoms with Crippen molar-refractivity contribution in [3.8, 4) is 22.6 Å². The van der Waals surface area contributed by atoms with Crippen molar-refractivity contribution < 1.29 is 19.7 Å². The van der Waals surface area contributed by atoms with Crippen molar-refractivity contribution >= 4 is 63.1 Å². The summed E-state index contributed by atoms with van der Waals surface area (Å²) in [6, 6.07) is 12.1. The van der Waals surface area contributed by atoms with E-state index in [0.717, 1.165) is 46.3 Å². The minimum Gasteiger partial charge on any atom is -0.503 e. The van der Waals surface area contributed by atoms with Crippen LogP contribution in [0, 0.1) is 0 Å². The number of fused-ring (bicyclic) bond motifs is 1. The van der Waals surface area contributed by atoms with Crippen molar-refractivity contribution in [1.29, 1.82) is 0 Å². The molecule has 1 saturated carbocycles. The van der Waals surface area contributed by atoms with Gasteiger partial charge in [-0.1, -0.05) is 17.7 Å². The van der Waals surface area contributed by atoms with Crippen molar-refractivity contribution in [2.45, 2.75) is 31.3 Å². The molecule has 0 aliphatic heterocycles. The van der Waals surface area contributed by atoms with E-state index in [2.05, 4.69) is 10.3 Å². The smallest absolute Gasteiger partial charge is 0.326 e. The molecule has 208 valence electrons. The van der Waals surface area contributed by atoms with Crippen LogP contribution >= 0.6 is 23.4 Å². The highest BCUT2D eigenvalue weighted by Gasteiger charge is 2.39. The molecular formula is C29H30ClN5O4S. The number of methoxy groups -OCH3 is 1. The minimum atomic E-state index is -0.860. The van der Waals surface area contributed by atoms with Gasteiger partial charge in [-0.15, -0.1) is 0 Å². The Hall–Kier alpha value is -3.89. The van der Waals surface area contributed by atoms with Gasteiger partial charge in [0, 0.05) is 11.4 Å². The van der Waals surface area contributed by atoms with E-state index in [-0.39, 0.29) is 22.6 Å². The number of thioether (sulfide) groups is 1. The van der Waals surface area contributed by atoms with Crippen LogP contribution in [0.4, 0.5) is 22.9 Å². The topological polar surface area (TPSA) is 134 Å². The zero-order valence-electron chi connectivity index (χ0n) is 22.1. The Morgan fingerprint density at radius 2 is 2.00 bits per heavy atom. The molecule has 0 saturated heterocycles. The van der Waals surface area contributed by atoms with Crippen LogP contribution in [-0.4, -0.2) is 57.4 Å². The first-order valence-corrected chi connectivity index (χ1v) is 14.6. The van der Waals surface area contributed by atoms with Gasteiger partial charge in [0.2, 0.25) is 0 Å². The number of benzene rings is 2. The molecule has 0 amide bonds. The summed E-state index contributed by atoms with van der Waals surface area (Å²) in [7, 11) is 1.47. The lowest BCUT2D eigenvalue weighted by Crippen LogP contribution is -2.43. The van der Waals surface area contributed by atoms with Gasteiger partial charge in [0.25, 0.3) is 0 Å². The Balaban J connectivity index is 1.71. The molecule has 0 unspecified atom stereocenters. The predicted molar refractivity (Wildman–Crippen MR) is 162 cm³/mol. The molecule has 1 aliphatic carbocycles. The van der Waals surface area contributed by atoms with Crippen molar-refractivity contribution in [3.05, 3.63) is 59.9 Å². The average molecular weight is 580 g/mol. The highest BCUT2D eigenvalue weighted by atomic mass is 35.5. The lowest BCUT2D eigenvalue weighted by molar-refractivity contribution is -0.138. The van der Waals surface area contributed by atoms with Crippen LogP contribution in [0.5, 0.6) is 11.5 Å². The molecule has 2 aromatic heterocycles. The summed E-state index contributed by atoms with van der Waals surface area (Å²) in [5.74, 6) is 0.396. The number of pyridine rings is 2. The van der Waals surface area contributed by atoms with E-state index in [1.54, 1.807) is 42.4 Å². The van der Waals surface area contributed by atoms with E-state index >= 15 is 0 Å². The van der Waals surface area contributed by atoms with E-state index in [1.807, 2.05) is 35.4 Å². The van der Waals surface area contributed by atoms with Gasteiger partial charge in [-0.3, -0.25) is 4.98 Å². The first-order valence-electron chi connectivity index (χ1n) is 12.8. The van der Waals surface area contributed by atoms with Crippen LogP contribution in [0.15, 0.2) is 54.9 Å². The fraction of sp³-hybridized carbons (Fsp3) is 0.276. The third kappa shape index (κ3) is 5.68. The Morgan fingerprint density at radius 3 is 2.65 bits per heavy atom. The lowest BCUT2D eigenvalue weighted by atomic mass is 10.0. The molecule has 0 spiro atoms. The molecule has 4 aromatic rings. The quantitative estimate of drug-likeness (QED) is 0.163. The van der Waals surface area contributed by atoms with Gasteiger partial charge in [0.15, 0.2) is 11.5 Å². The number of phenols is 1. The van der Waals surface area contributed by atoms with Gasteiger partial charge < -0.3 is 30.9 Å². The van der Waals surface area contributed by atoms with Gasteiger partial charge in [-0.05, 0) is 78.8 Å². The van der Waals surface area contributed by atoms with Crippen LogP contribution in [0.25, 0.3) is 22.0 Å². The number of anilines is 4. The van der Waals surface area contributed by atoms with Crippen LogP contribution < -0.4 is 20.7 Å². The predicted octanol–water partition coefficient (Wildman–Crippen LogP) is 6.17. The Bertz CT molecular complexity index is 1550. The van der Waals surface area contributed by atoms with Gasteiger partial charge in [-0.25, -0.2) is 9.78 Å². The summed E-state index contributed by atoms with van der Waals surface area (Å²) in [6.07, 6.45) is 7.70. The molecule has 1 atom stereocenters. The number of nitrogens with two attached hydrogens (primary N) is 1.